The Bertz CT molecular complexity index is 1530. The first-order chi connectivity index (χ1) is 18.9. The van der Waals surface area contributed by atoms with Crippen molar-refractivity contribution >= 4 is 44.8 Å². The molecule has 2 heterocycles. The highest BCUT2D eigenvalue weighted by atomic mass is 35.5. The van der Waals surface area contributed by atoms with Crippen LogP contribution >= 0.6 is 34.5 Å². The lowest BCUT2D eigenvalue weighted by Gasteiger charge is -2.41. The third-order valence-electron chi connectivity index (χ3n) is 8.72. The van der Waals surface area contributed by atoms with Gasteiger partial charge in [-0.05, 0) is 80.2 Å². The number of nitrogens with zero attached hydrogens (tertiary/aromatic N) is 2. The summed E-state index contributed by atoms with van der Waals surface area (Å²) < 4.78 is 27.7. The molecule has 0 radical (unpaired) electrons. The fraction of sp³-hybridized carbons (Fsp3) is 0.448. The molecule has 0 amide bonds. The lowest BCUT2D eigenvalue weighted by atomic mass is 9.73. The van der Waals surface area contributed by atoms with Crippen molar-refractivity contribution in [3.05, 3.63) is 68.1 Å². The average Bonchev–Trinajstić information content (AvgIpc) is 3.49. The minimum Gasteiger partial charge on any atom is -0.382 e. The summed E-state index contributed by atoms with van der Waals surface area (Å²) in [5, 5.41) is 18.0. The highest BCUT2D eigenvalue weighted by Gasteiger charge is 2.56. The van der Waals surface area contributed by atoms with Gasteiger partial charge in [0.1, 0.15) is 27.6 Å². The van der Waals surface area contributed by atoms with Gasteiger partial charge in [0.25, 0.3) is 0 Å². The van der Waals surface area contributed by atoms with Crippen LogP contribution < -0.4 is 5.73 Å². The van der Waals surface area contributed by atoms with Crippen LogP contribution in [0.15, 0.2) is 34.9 Å². The van der Waals surface area contributed by atoms with Crippen molar-refractivity contribution in [2.45, 2.75) is 69.3 Å². The van der Waals surface area contributed by atoms with Gasteiger partial charge < -0.3 is 20.1 Å². The zero-order valence-corrected chi connectivity index (χ0v) is 23.5. The molecule has 3 fully saturated rings. The van der Waals surface area contributed by atoms with Crippen molar-refractivity contribution in [3.63, 3.8) is 0 Å². The molecule has 2 aromatic carbocycles. The predicted molar refractivity (Wildman–Crippen MR) is 149 cm³/mol. The summed E-state index contributed by atoms with van der Waals surface area (Å²) in [6.45, 7) is 0.594. The molecule has 39 heavy (non-hydrogen) atoms. The maximum atomic E-state index is 14.7. The van der Waals surface area contributed by atoms with E-state index < -0.39 is 11.4 Å². The van der Waals surface area contributed by atoms with Crippen molar-refractivity contribution in [2.75, 3.05) is 0 Å². The van der Waals surface area contributed by atoms with E-state index in [4.69, 9.17) is 38.2 Å². The second-order valence-corrected chi connectivity index (χ2v) is 12.9. The van der Waals surface area contributed by atoms with Crippen LogP contribution in [0.2, 0.25) is 10.0 Å². The number of aromatic nitrogens is 2. The van der Waals surface area contributed by atoms with Crippen molar-refractivity contribution in [3.8, 4) is 11.3 Å². The van der Waals surface area contributed by atoms with E-state index in [9.17, 15) is 9.50 Å². The van der Waals surface area contributed by atoms with Crippen molar-refractivity contribution < 1.29 is 18.8 Å². The highest BCUT2D eigenvalue weighted by Crippen LogP contribution is 2.57. The van der Waals surface area contributed by atoms with Crippen LogP contribution in [-0.4, -0.2) is 21.4 Å². The molecule has 3 aliphatic rings. The van der Waals surface area contributed by atoms with Crippen LogP contribution in [0.3, 0.4) is 0 Å². The Hall–Kier alpha value is -2.07. The lowest BCUT2D eigenvalue weighted by molar-refractivity contribution is -0.116. The molecule has 204 valence electrons. The molecule has 7 rings (SSSR count). The van der Waals surface area contributed by atoms with Crippen LogP contribution in [0, 0.1) is 17.7 Å². The monoisotopic (exact) mass is 587 g/mol. The Morgan fingerprint density at radius 1 is 1.13 bits per heavy atom. The molecule has 0 spiro atoms. The molecule has 4 atom stereocenters. The standard InChI is InChI=1S/C29H28Cl2FN3O3S/c30-20-2-1-3-21(31)24(20)25-19(27(38-35-25)15-4-5-15)13-37-18-10-16-6-7-17(11-18)29(16,36)28-34-26-22(32)8-14(12-33)9-23(26)39-28/h1-3,8-9,15-18,36H,4-7,10-13,33H2/t16-,17+,18+,29+. The van der Waals surface area contributed by atoms with E-state index in [2.05, 4.69) is 10.1 Å². The normalized spacial score (nSPS) is 26.5. The highest BCUT2D eigenvalue weighted by molar-refractivity contribution is 7.18. The maximum absolute atomic E-state index is 14.7. The second-order valence-electron chi connectivity index (χ2n) is 11.1. The molecule has 3 N–H and O–H groups in total. The SMILES string of the molecule is NCc1cc(F)c2nc([C@]3(O)[C@@H]4CC[C@H]3C[C@@H](OCc3c(-c5c(Cl)cccc5Cl)noc3C3CC3)C4)sc2c1. The molecule has 10 heteroatoms. The molecule has 2 bridgehead atoms. The molecule has 4 aromatic rings. The minimum absolute atomic E-state index is 0.0123. The van der Waals surface area contributed by atoms with Gasteiger partial charge in [-0.3, -0.25) is 0 Å². The van der Waals surface area contributed by atoms with Crippen LogP contribution in [0.25, 0.3) is 21.5 Å². The number of fused-ring (bicyclic) bond motifs is 3. The largest absolute Gasteiger partial charge is 0.382 e. The smallest absolute Gasteiger partial charge is 0.150 e. The zero-order valence-electron chi connectivity index (χ0n) is 21.1. The first kappa shape index (κ1) is 25.9. The van der Waals surface area contributed by atoms with E-state index in [-0.39, 0.29) is 24.5 Å². The van der Waals surface area contributed by atoms with E-state index in [0.29, 0.717) is 57.2 Å². The minimum atomic E-state index is -1.08. The van der Waals surface area contributed by atoms with E-state index in [1.54, 1.807) is 12.1 Å². The van der Waals surface area contributed by atoms with Gasteiger partial charge in [0, 0.05) is 23.6 Å². The maximum Gasteiger partial charge on any atom is 0.150 e. The predicted octanol–water partition coefficient (Wildman–Crippen LogP) is 7.33. The number of benzene rings is 2. The molecule has 6 nitrogen and oxygen atoms in total. The Labute approximate surface area is 239 Å². The molecular formula is C29H28Cl2FN3O3S. The van der Waals surface area contributed by atoms with Crippen LogP contribution in [-0.2, 0) is 23.5 Å². The molecule has 0 aliphatic heterocycles. The van der Waals surface area contributed by atoms with Gasteiger partial charge in [-0.25, -0.2) is 9.37 Å². The fourth-order valence-electron chi connectivity index (χ4n) is 6.57. The Balaban J connectivity index is 1.13. The molecule has 0 unspecified atom stereocenters. The Kier molecular flexibility index (Phi) is 6.49. The first-order valence-corrected chi connectivity index (χ1v) is 15.0. The summed E-state index contributed by atoms with van der Waals surface area (Å²) in [5.74, 6) is 0.782. The first-order valence-electron chi connectivity index (χ1n) is 13.4. The van der Waals surface area contributed by atoms with Gasteiger partial charge in [0.05, 0.1) is 27.5 Å². The number of hydrogen-bond donors (Lipinski definition) is 2. The van der Waals surface area contributed by atoms with E-state index >= 15 is 0 Å². The summed E-state index contributed by atoms with van der Waals surface area (Å²) in [6.07, 6.45) is 5.26. The number of aliphatic hydroxyl groups is 1. The quantitative estimate of drug-likeness (QED) is 0.235. The molecule has 3 aliphatic carbocycles. The lowest BCUT2D eigenvalue weighted by Crippen LogP contribution is -2.44. The summed E-state index contributed by atoms with van der Waals surface area (Å²) in [4.78, 5) is 4.60. The topological polar surface area (TPSA) is 94.4 Å². The Morgan fingerprint density at radius 3 is 2.51 bits per heavy atom. The summed E-state index contributed by atoms with van der Waals surface area (Å²) in [6, 6.07) is 8.70. The molecular weight excluding hydrogens is 560 g/mol. The molecule has 2 aromatic heterocycles. The summed E-state index contributed by atoms with van der Waals surface area (Å²) >= 11 is 14.4. The van der Waals surface area contributed by atoms with E-state index in [1.807, 2.05) is 12.1 Å². The third-order valence-corrected chi connectivity index (χ3v) is 10.5. The van der Waals surface area contributed by atoms with Gasteiger partial charge in [0.15, 0.2) is 5.82 Å². The van der Waals surface area contributed by atoms with Gasteiger partial charge in [-0.15, -0.1) is 11.3 Å². The zero-order chi connectivity index (χ0) is 26.9. The molecule has 0 saturated heterocycles. The number of nitrogens with two attached hydrogens (primary N) is 1. The van der Waals surface area contributed by atoms with Gasteiger partial charge in [-0.2, -0.15) is 0 Å². The van der Waals surface area contributed by atoms with Gasteiger partial charge >= 0.3 is 0 Å². The number of ether oxygens (including phenoxy) is 1. The number of thiazole rings is 1. The van der Waals surface area contributed by atoms with E-state index in [1.165, 1.54) is 17.4 Å². The van der Waals surface area contributed by atoms with E-state index in [0.717, 1.165) is 47.3 Å². The summed E-state index contributed by atoms with van der Waals surface area (Å²) in [5.41, 5.74) is 7.89. The van der Waals surface area contributed by atoms with Crippen LogP contribution in [0.4, 0.5) is 4.39 Å². The Morgan fingerprint density at radius 2 is 1.85 bits per heavy atom. The number of rotatable bonds is 7. The van der Waals surface area contributed by atoms with Crippen LogP contribution in [0.1, 0.15) is 66.3 Å². The summed E-state index contributed by atoms with van der Waals surface area (Å²) in [7, 11) is 0. The van der Waals surface area contributed by atoms with Crippen LogP contribution in [0.5, 0.6) is 0 Å². The third kappa shape index (κ3) is 4.31. The fourth-order valence-corrected chi connectivity index (χ4v) is 8.44. The number of hydrogen-bond acceptors (Lipinski definition) is 7. The second kappa shape index (κ2) is 9.79. The molecule has 3 saturated carbocycles. The average molecular weight is 589 g/mol. The van der Waals surface area contributed by atoms with Crippen molar-refractivity contribution in [1.29, 1.82) is 0 Å². The van der Waals surface area contributed by atoms with Gasteiger partial charge in [0.2, 0.25) is 0 Å². The van der Waals surface area contributed by atoms with Crippen molar-refractivity contribution in [1.82, 2.24) is 10.1 Å². The number of halogens is 3. The van der Waals surface area contributed by atoms with Gasteiger partial charge in [-0.1, -0.05) is 34.4 Å². The van der Waals surface area contributed by atoms with Crippen molar-refractivity contribution in [2.24, 2.45) is 17.6 Å².